The molecule has 1 amide bonds. The molecule has 6 nitrogen and oxygen atoms in total. The van der Waals surface area contributed by atoms with E-state index in [0.717, 1.165) is 23.4 Å². The first kappa shape index (κ1) is 20.7. The summed E-state index contributed by atoms with van der Waals surface area (Å²) in [4.78, 5) is 32.5. The van der Waals surface area contributed by atoms with Crippen molar-refractivity contribution in [2.75, 3.05) is 6.61 Å². The van der Waals surface area contributed by atoms with Crippen LogP contribution in [0.5, 0.6) is 0 Å². The minimum absolute atomic E-state index is 0.00184. The zero-order valence-corrected chi connectivity index (χ0v) is 17.0. The molecule has 3 aromatic rings. The van der Waals surface area contributed by atoms with Crippen LogP contribution in [0.4, 0.5) is 0 Å². The van der Waals surface area contributed by atoms with Gasteiger partial charge in [-0.15, -0.1) is 11.3 Å². The number of aryl methyl sites for hydroxylation is 1. The fourth-order valence-electron chi connectivity index (χ4n) is 2.77. The van der Waals surface area contributed by atoms with E-state index in [-0.39, 0.29) is 25.0 Å². The van der Waals surface area contributed by atoms with Crippen LogP contribution in [0.3, 0.4) is 0 Å². The molecule has 0 aliphatic rings. The molecule has 0 aliphatic carbocycles. The van der Waals surface area contributed by atoms with Crippen LogP contribution < -0.4 is 5.32 Å². The van der Waals surface area contributed by atoms with Gasteiger partial charge in [0.15, 0.2) is 6.61 Å². The smallest absolute Gasteiger partial charge is 0.312 e. The second-order valence-electron chi connectivity index (χ2n) is 6.72. The molecule has 7 heteroatoms. The van der Waals surface area contributed by atoms with Crippen LogP contribution in [-0.4, -0.2) is 34.5 Å². The summed E-state index contributed by atoms with van der Waals surface area (Å²) >= 11 is 1.44. The summed E-state index contributed by atoms with van der Waals surface area (Å²) in [6, 6.07) is 13.9. The van der Waals surface area contributed by atoms with Crippen LogP contribution in [0, 0.1) is 0 Å². The van der Waals surface area contributed by atoms with Crippen LogP contribution in [0.15, 0.2) is 60.2 Å². The molecular formula is C22H23N3O3S. The maximum Gasteiger partial charge on any atom is 0.312 e. The standard InChI is InChI=1S/C22H23N3O3S/c1-16(9-10-17-6-3-2-4-7-17)24-20(26)14-28-21(27)12-19-15-29-22(25-19)18-8-5-11-23-13-18/h2-8,11,13,15-16H,9-10,12,14H2,1H3,(H,24,26)/t16-/m1/s1. The van der Waals surface area contributed by atoms with Gasteiger partial charge in [-0.05, 0) is 37.5 Å². The highest BCUT2D eigenvalue weighted by atomic mass is 32.1. The van der Waals surface area contributed by atoms with Crippen molar-refractivity contribution < 1.29 is 14.3 Å². The van der Waals surface area contributed by atoms with E-state index in [2.05, 4.69) is 27.4 Å². The molecule has 0 fully saturated rings. The summed E-state index contributed by atoms with van der Waals surface area (Å²) in [5, 5.41) is 5.47. The Balaban J connectivity index is 1.38. The number of hydrogen-bond donors (Lipinski definition) is 1. The van der Waals surface area contributed by atoms with Gasteiger partial charge in [0.25, 0.3) is 5.91 Å². The monoisotopic (exact) mass is 409 g/mol. The number of carbonyl (C=O) groups excluding carboxylic acids is 2. The summed E-state index contributed by atoms with van der Waals surface area (Å²) in [7, 11) is 0. The van der Waals surface area contributed by atoms with Crippen molar-refractivity contribution in [2.24, 2.45) is 0 Å². The van der Waals surface area contributed by atoms with Gasteiger partial charge in [-0.3, -0.25) is 14.6 Å². The Kier molecular flexibility index (Phi) is 7.47. The Bertz CT molecular complexity index is 929. The number of thiazole rings is 1. The second kappa shape index (κ2) is 10.5. The number of carbonyl (C=O) groups is 2. The fraction of sp³-hybridized carbons (Fsp3) is 0.273. The zero-order valence-electron chi connectivity index (χ0n) is 16.2. The third-order valence-corrected chi connectivity index (χ3v) is 5.21. The summed E-state index contributed by atoms with van der Waals surface area (Å²) in [6.07, 6.45) is 5.16. The van der Waals surface area contributed by atoms with Gasteiger partial charge < -0.3 is 10.1 Å². The molecule has 1 N–H and O–H groups in total. The Morgan fingerprint density at radius 3 is 2.76 bits per heavy atom. The number of nitrogens with zero attached hydrogens (tertiary/aromatic N) is 2. The molecule has 0 bridgehead atoms. The van der Waals surface area contributed by atoms with Crippen LogP contribution in [0.2, 0.25) is 0 Å². The van der Waals surface area contributed by atoms with Gasteiger partial charge in [0.05, 0.1) is 12.1 Å². The van der Waals surface area contributed by atoms with Gasteiger partial charge in [0, 0.05) is 29.4 Å². The molecule has 2 heterocycles. The third-order valence-electron chi connectivity index (χ3n) is 4.27. The Morgan fingerprint density at radius 2 is 2.00 bits per heavy atom. The first-order valence-electron chi connectivity index (χ1n) is 9.44. The number of esters is 1. The lowest BCUT2D eigenvalue weighted by atomic mass is 10.1. The van der Waals surface area contributed by atoms with E-state index in [1.54, 1.807) is 12.4 Å². The Morgan fingerprint density at radius 1 is 1.17 bits per heavy atom. The van der Waals surface area contributed by atoms with Gasteiger partial charge in [-0.25, -0.2) is 4.98 Å². The lowest BCUT2D eigenvalue weighted by Crippen LogP contribution is -2.36. The molecule has 3 rings (SSSR count). The van der Waals surface area contributed by atoms with E-state index in [0.29, 0.717) is 5.69 Å². The highest BCUT2D eigenvalue weighted by molar-refractivity contribution is 7.13. The van der Waals surface area contributed by atoms with Crippen molar-refractivity contribution in [3.63, 3.8) is 0 Å². The molecule has 0 radical (unpaired) electrons. The highest BCUT2D eigenvalue weighted by Gasteiger charge is 2.13. The fourth-order valence-corrected chi connectivity index (χ4v) is 3.58. The van der Waals surface area contributed by atoms with Gasteiger partial charge in [-0.1, -0.05) is 30.3 Å². The zero-order chi connectivity index (χ0) is 20.5. The number of aromatic nitrogens is 2. The molecule has 0 aliphatic heterocycles. The summed E-state index contributed by atoms with van der Waals surface area (Å²) in [5.74, 6) is -0.770. The average Bonchev–Trinajstić information content (AvgIpc) is 3.20. The summed E-state index contributed by atoms with van der Waals surface area (Å²) in [5.41, 5.74) is 2.76. The van der Waals surface area contributed by atoms with Gasteiger partial charge >= 0.3 is 5.97 Å². The van der Waals surface area contributed by atoms with Crippen molar-refractivity contribution >= 4 is 23.2 Å². The van der Waals surface area contributed by atoms with Crippen LogP contribution >= 0.6 is 11.3 Å². The van der Waals surface area contributed by atoms with E-state index in [9.17, 15) is 9.59 Å². The summed E-state index contributed by atoms with van der Waals surface area (Å²) < 4.78 is 5.09. The highest BCUT2D eigenvalue weighted by Crippen LogP contribution is 2.22. The van der Waals surface area contributed by atoms with Crippen LogP contribution in [-0.2, 0) is 27.2 Å². The lowest BCUT2D eigenvalue weighted by molar-refractivity contribution is -0.148. The number of hydrogen-bond acceptors (Lipinski definition) is 6. The van der Waals surface area contributed by atoms with E-state index in [1.165, 1.54) is 16.9 Å². The number of amides is 1. The first-order chi connectivity index (χ1) is 14.1. The molecular weight excluding hydrogens is 386 g/mol. The van der Waals surface area contributed by atoms with Crippen molar-refractivity contribution in [3.05, 3.63) is 71.5 Å². The number of ether oxygens (including phenoxy) is 1. The number of pyridine rings is 1. The molecule has 2 aromatic heterocycles. The largest absolute Gasteiger partial charge is 0.455 e. The Labute approximate surface area is 174 Å². The summed E-state index contributed by atoms with van der Waals surface area (Å²) in [6.45, 7) is 1.66. The predicted molar refractivity (Wildman–Crippen MR) is 112 cm³/mol. The normalized spacial score (nSPS) is 11.6. The third kappa shape index (κ3) is 6.80. The van der Waals surface area contributed by atoms with Crippen molar-refractivity contribution in [1.82, 2.24) is 15.3 Å². The number of nitrogens with one attached hydrogen (secondary N) is 1. The van der Waals surface area contributed by atoms with Crippen LogP contribution in [0.25, 0.3) is 10.6 Å². The minimum atomic E-state index is -0.472. The first-order valence-corrected chi connectivity index (χ1v) is 10.3. The van der Waals surface area contributed by atoms with Crippen molar-refractivity contribution in [2.45, 2.75) is 32.2 Å². The maximum absolute atomic E-state index is 12.0. The van der Waals surface area contributed by atoms with Gasteiger partial charge in [0.2, 0.25) is 0 Å². The maximum atomic E-state index is 12.0. The van der Waals surface area contributed by atoms with Crippen LogP contribution in [0.1, 0.15) is 24.6 Å². The Hall–Kier alpha value is -3.06. The second-order valence-corrected chi connectivity index (χ2v) is 7.57. The SMILES string of the molecule is C[C@H](CCc1ccccc1)NC(=O)COC(=O)Cc1csc(-c2cccnc2)n1. The van der Waals surface area contributed by atoms with E-state index >= 15 is 0 Å². The van der Waals surface area contributed by atoms with Gasteiger partial charge in [-0.2, -0.15) is 0 Å². The number of rotatable bonds is 9. The molecule has 29 heavy (non-hydrogen) atoms. The topological polar surface area (TPSA) is 81.2 Å². The molecule has 1 atom stereocenters. The van der Waals surface area contributed by atoms with Crippen molar-refractivity contribution in [3.8, 4) is 10.6 Å². The molecule has 0 unspecified atom stereocenters. The molecule has 1 aromatic carbocycles. The molecule has 0 saturated heterocycles. The van der Waals surface area contributed by atoms with Crippen molar-refractivity contribution in [1.29, 1.82) is 0 Å². The molecule has 0 spiro atoms. The average molecular weight is 410 g/mol. The lowest BCUT2D eigenvalue weighted by Gasteiger charge is -2.14. The minimum Gasteiger partial charge on any atom is -0.455 e. The van der Waals surface area contributed by atoms with E-state index in [1.807, 2.05) is 42.6 Å². The quantitative estimate of drug-likeness (QED) is 0.548. The van der Waals surface area contributed by atoms with E-state index < -0.39 is 5.97 Å². The van der Waals surface area contributed by atoms with E-state index in [4.69, 9.17) is 4.74 Å². The van der Waals surface area contributed by atoms with Gasteiger partial charge in [0.1, 0.15) is 5.01 Å². The molecule has 150 valence electrons. The predicted octanol–water partition coefficient (Wildman–Crippen LogP) is 3.43. The molecule has 0 saturated carbocycles. The number of benzene rings is 1.